The van der Waals surface area contributed by atoms with Gasteiger partial charge in [-0.1, -0.05) is 19.3 Å². The zero-order valence-electron chi connectivity index (χ0n) is 16.0. The van der Waals surface area contributed by atoms with Crippen molar-refractivity contribution in [2.45, 2.75) is 89.8 Å². The standard InChI is InChI=1S/C20H31N2O4/c1-3-26-19(25)22(16-9-12-20(16)10-5-4-6-11-20)14(2)17(23)21-13-7-8-15(21)18(22)24/h14-16H,3-13H2,1-2H3/q+1. The number of rotatable bonds is 2. The van der Waals surface area contributed by atoms with Gasteiger partial charge in [0.25, 0.3) is 5.91 Å². The lowest BCUT2D eigenvalue weighted by Crippen LogP contribution is -2.81. The Morgan fingerprint density at radius 2 is 1.88 bits per heavy atom. The number of piperazine rings is 1. The number of carbonyl (C=O) groups excluding carboxylic acids is 3. The van der Waals surface area contributed by atoms with Crippen molar-refractivity contribution in [2.75, 3.05) is 13.2 Å². The van der Waals surface area contributed by atoms with Crippen LogP contribution in [0.2, 0.25) is 0 Å². The number of hydrogen-bond acceptors (Lipinski definition) is 4. The first-order chi connectivity index (χ1) is 12.5. The third kappa shape index (κ3) is 2.17. The van der Waals surface area contributed by atoms with Crippen LogP contribution < -0.4 is 0 Å². The lowest BCUT2D eigenvalue weighted by atomic mass is 9.55. The van der Waals surface area contributed by atoms with Gasteiger partial charge in [0.15, 0.2) is 6.04 Å². The van der Waals surface area contributed by atoms with Crippen molar-refractivity contribution >= 4 is 17.9 Å². The maximum Gasteiger partial charge on any atom is 0.524 e. The van der Waals surface area contributed by atoms with Gasteiger partial charge in [-0.2, -0.15) is 4.79 Å². The van der Waals surface area contributed by atoms with Gasteiger partial charge >= 0.3 is 12.0 Å². The number of fused-ring (bicyclic) bond motifs is 1. The van der Waals surface area contributed by atoms with Crippen LogP contribution in [0.1, 0.15) is 71.6 Å². The van der Waals surface area contributed by atoms with Crippen molar-refractivity contribution in [2.24, 2.45) is 5.41 Å². The molecule has 6 heteroatoms. The molecule has 6 nitrogen and oxygen atoms in total. The molecule has 0 aromatic carbocycles. The largest absolute Gasteiger partial charge is 0.524 e. The Morgan fingerprint density at radius 1 is 1.15 bits per heavy atom. The van der Waals surface area contributed by atoms with E-state index >= 15 is 0 Å². The summed E-state index contributed by atoms with van der Waals surface area (Å²) in [6.07, 6.45) is 8.63. The summed E-state index contributed by atoms with van der Waals surface area (Å²) in [5.41, 5.74) is 0.0377. The maximum absolute atomic E-state index is 13.7. The highest BCUT2D eigenvalue weighted by Crippen LogP contribution is 2.58. The minimum Gasteiger partial charge on any atom is -0.420 e. The summed E-state index contributed by atoms with van der Waals surface area (Å²) in [7, 11) is 0. The molecule has 2 heterocycles. The maximum atomic E-state index is 13.7. The molecule has 4 atom stereocenters. The monoisotopic (exact) mass is 363 g/mol. The Labute approximate surface area is 155 Å². The third-order valence-corrected chi connectivity index (χ3v) is 7.69. The molecule has 0 aromatic heterocycles. The Balaban J connectivity index is 1.80. The molecule has 4 rings (SSSR count). The summed E-state index contributed by atoms with van der Waals surface area (Å²) in [6.45, 7) is 4.42. The molecule has 4 unspecified atom stereocenters. The van der Waals surface area contributed by atoms with E-state index in [9.17, 15) is 14.4 Å². The first kappa shape index (κ1) is 18.0. The van der Waals surface area contributed by atoms with Crippen molar-refractivity contribution in [1.29, 1.82) is 0 Å². The van der Waals surface area contributed by atoms with E-state index in [-0.39, 0.29) is 34.4 Å². The van der Waals surface area contributed by atoms with Crippen molar-refractivity contribution in [3.63, 3.8) is 0 Å². The van der Waals surface area contributed by atoms with Crippen LogP contribution in [0, 0.1) is 5.41 Å². The van der Waals surface area contributed by atoms with Crippen molar-refractivity contribution in [1.82, 2.24) is 4.90 Å². The number of nitrogens with zero attached hydrogens (tertiary/aromatic N) is 2. The van der Waals surface area contributed by atoms with Crippen LogP contribution in [-0.2, 0) is 14.3 Å². The van der Waals surface area contributed by atoms with Gasteiger partial charge in [-0.05, 0) is 46.0 Å². The summed E-state index contributed by atoms with van der Waals surface area (Å²) in [5.74, 6) is -0.124. The fourth-order valence-corrected chi connectivity index (χ4v) is 6.32. The SMILES string of the molecule is CCOC(=O)[N+]1(C2CCC23CCCCC3)C(=O)C2CCCN2C(=O)C1C. The zero-order valence-corrected chi connectivity index (χ0v) is 16.0. The molecule has 4 aliphatic rings. The number of ether oxygens (including phenoxy) is 1. The number of carbonyl (C=O) groups is 3. The molecule has 26 heavy (non-hydrogen) atoms. The van der Waals surface area contributed by atoms with Crippen molar-refractivity contribution in [3.05, 3.63) is 0 Å². The van der Waals surface area contributed by atoms with E-state index in [0.717, 1.165) is 44.9 Å². The van der Waals surface area contributed by atoms with Gasteiger partial charge in [-0.25, -0.2) is 4.79 Å². The summed E-state index contributed by atoms with van der Waals surface area (Å²) >= 11 is 0. The van der Waals surface area contributed by atoms with Crippen LogP contribution in [-0.4, -0.2) is 58.6 Å². The molecular formula is C20H31N2O4+. The van der Waals surface area contributed by atoms with E-state index in [1.54, 1.807) is 18.7 Å². The molecule has 1 spiro atoms. The van der Waals surface area contributed by atoms with Gasteiger partial charge in [-0.15, -0.1) is 4.48 Å². The Bertz CT molecular complexity index is 627. The molecular weight excluding hydrogens is 332 g/mol. The minimum atomic E-state index is -0.667. The normalized spacial score (nSPS) is 38.8. The molecule has 4 fully saturated rings. The second-order valence-electron chi connectivity index (χ2n) is 8.66. The lowest BCUT2D eigenvalue weighted by Gasteiger charge is -2.59. The quantitative estimate of drug-likeness (QED) is 0.708. The Morgan fingerprint density at radius 3 is 2.50 bits per heavy atom. The van der Waals surface area contributed by atoms with Crippen LogP contribution >= 0.6 is 0 Å². The lowest BCUT2D eigenvalue weighted by molar-refractivity contribution is -0.846. The molecule has 0 aromatic rings. The Kier molecular flexibility index (Phi) is 4.37. The predicted molar refractivity (Wildman–Crippen MR) is 95.0 cm³/mol. The highest BCUT2D eigenvalue weighted by atomic mass is 16.6. The van der Waals surface area contributed by atoms with E-state index in [4.69, 9.17) is 4.74 Å². The van der Waals surface area contributed by atoms with E-state index < -0.39 is 18.2 Å². The first-order valence-electron chi connectivity index (χ1n) is 10.4. The second kappa shape index (κ2) is 6.32. The predicted octanol–water partition coefficient (Wildman–Crippen LogP) is 2.99. The van der Waals surface area contributed by atoms with Crippen LogP contribution in [0.25, 0.3) is 0 Å². The van der Waals surface area contributed by atoms with E-state index in [1.165, 1.54) is 6.42 Å². The molecule has 3 amide bonds. The summed E-state index contributed by atoms with van der Waals surface area (Å²) in [6, 6.07) is -1.19. The first-order valence-corrected chi connectivity index (χ1v) is 10.4. The molecule has 0 bridgehead atoms. The molecule has 144 valence electrons. The van der Waals surface area contributed by atoms with Crippen LogP contribution in [0.15, 0.2) is 0 Å². The smallest absolute Gasteiger partial charge is 0.420 e. The summed E-state index contributed by atoms with van der Waals surface area (Å²) in [4.78, 5) is 41.9. The van der Waals surface area contributed by atoms with Gasteiger partial charge in [0, 0.05) is 18.4 Å². The summed E-state index contributed by atoms with van der Waals surface area (Å²) < 4.78 is 5.09. The Hall–Kier alpha value is -1.43. The van der Waals surface area contributed by atoms with Gasteiger partial charge in [0.2, 0.25) is 0 Å². The number of quaternary nitrogens is 1. The second-order valence-corrected chi connectivity index (χ2v) is 8.66. The number of imide groups is 1. The molecule has 2 aliphatic carbocycles. The van der Waals surface area contributed by atoms with Gasteiger partial charge in [-0.3, -0.25) is 4.79 Å². The van der Waals surface area contributed by atoms with Crippen molar-refractivity contribution in [3.8, 4) is 0 Å². The molecule has 0 radical (unpaired) electrons. The molecule has 2 saturated carbocycles. The van der Waals surface area contributed by atoms with E-state index in [1.807, 2.05) is 0 Å². The summed E-state index contributed by atoms with van der Waals surface area (Å²) in [5, 5.41) is 0. The number of amides is 3. The number of hydrogen-bond donors (Lipinski definition) is 0. The van der Waals surface area contributed by atoms with Crippen LogP contribution in [0.5, 0.6) is 0 Å². The van der Waals surface area contributed by atoms with Crippen LogP contribution in [0.3, 0.4) is 0 Å². The van der Waals surface area contributed by atoms with Gasteiger partial charge in [0.05, 0.1) is 6.61 Å². The average Bonchev–Trinajstić information content (AvgIpc) is 3.13. The molecule has 2 aliphatic heterocycles. The van der Waals surface area contributed by atoms with Crippen LogP contribution in [0.4, 0.5) is 4.79 Å². The highest BCUT2D eigenvalue weighted by Gasteiger charge is 2.72. The van der Waals surface area contributed by atoms with E-state index in [0.29, 0.717) is 13.0 Å². The molecule has 2 saturated heterocycles. The highest BCUT2D eigenvalue weighted by molar-refractivity contribution is 5.97. The fraction of sp³-hybridized carbons (Fsp3) is 0.850. The van der Waals surface area contributed by atoms with Gasteiger partial charge in [0.1, 0.15) is 12.1 Å². The zero-order chi connectivity index (χ0) is 18.5. The third-order valence-electron chi connectivity index (χ3n) is 7.69. The van der Waals surface area contributed by atoms with E-state index in [2.05, 4.69) is 0 Å². The minimum absolute atomic E-state index is 0.0377. The topological polar surface area (TPSA) is 63.7 Å². The average molecular weight is 363 g/mol. The molecule has 0 N–H and O–H groups in total. The van der Waals surface area contributed by atoms with Crippen molar-refractivity contribution < 1.29 is 23.6 Å². The fourth-order valence-electron chi connectivity index (χ4n) is 6.32. The van der Waals surface area contributed by atoms with Gasteiger partial charge < -0.3 is 9.64 Å².